The van der Waals surface area contributed by atoms with Gasteiger partial charge in [-0.2, -0.15) is 0 Å². The van der Waals surface area contributed by atoms with E-state index in [2.05, 4.69) is 48.5 Å². The Morgan fingerprint density at radius 3 is 2.63 bits per heavy atom. The van der Waals surface area contributed by atoms with Crippen molar-refractivity contribution in [2.45, 2.75) is 33.2 Å². The molecule has 0 aliphatic carbocycles. The summed E-state index contributed by atoms with van der Waals surface area (Å²) in [6.45, 7) is 6.25. The van der Waals surface area contributed by atoms with E-state index in [1.54, 1.807) is 0 Å². The van der Waals surface area contributed by atoms with Gasteiger partial charge in [0.25, 0.3) is 0 Å². The molecule has 0 spiro atoms. The van der Waals surface area contributed by atoms with Gasteiger partial charge in [-0.05, 0) is 56.0 Å². The number of aromatic nitrogens is 1. The normalized spacial score (nSPS) is 12.4. The summed E-state index contributed by atoms with van der Waals surface area (Å²) in [6, 6.07) is 10.7. The highest BCUT2D eigenvalue weighted by atomic mass is 15.2. The van der Waals surface area contributed by atoms with E-state index in [1.807, 2.05) is 19.2 Å². The molecule has 1 unspecified atom stereocenters. The molecule has 2 aromatic rings. The van der Waals surface area contributed by atoms with Crippen molar-refractivity contribution in [2.24, 2.45) is 5.84 Å². The summed E-state index contributed by atoms with van der Waals surface area (Å²) < 4.78 is 0. The van der Waals surface area contributed by atoms with Crippen LogP contribution in [0.3, 0.4) is 0 Å². The molecule has 0 aliphatic heterocycles. The van der Waals surface area contributed by atoms with E-state index in [-0.39, 0.29) is 6.04 Å². The average molecular weight is 255 g/mol. The molecule has 0 radical (unpaired) electrons. The predicted molar refractivity (Wildman–Crippen MR) is 78.7 cm³/mol. The fourth-order valence-corrected chi connectivity index (χ4v) is 2.30. The van der Waals surface area contributed by atoms with Gasteiger partial charge in [-0.1, -0.05) is 23.8 Å². The molecular formula is C16H21N3. The zero-order valence-electron chi connectivity index (χ0n) is 11.8. The maximum absolute atomic E-state index is 5.72. The van der Waals surface area contributed by atoms with Gasteiger partial charge in [0, 0.05) is 11.9 Å². The van der Waals surface area contributed by atoms with E-state index >= 15 is 0 Å². The van der Waals surface area contributed by atoms with Crippen LogP contribution in [0, 0.1) is 20.8 Å². The van der Waals surface area contributed by atoms with Crippen LogP contribution >= 0.6 is 0 Å². The Kier molecular flexibility index (Phi) is 4.30. The SMILES string of the molecule is Cc1ccc(C)c(CC(NN)c2ccnc(C)c2)c1. The lowest BCUT2D eigenvalue weighted by Crippen LogP contribution is -2.29. The highest BCUT2D eigenvalue weighted by Gasteiger charge is 2.12. The molecule has 0 aliphatic rings. The molecule has 0 saturated heterocycles. The number of nitrogens with two attached hydrogens (primary N) is 1. The molecule has 2 rings (SSSR count). The quantitative estimate of drug-likeness (QED) is 0.652. The third-order valence-electron chi connectivity index (χ3n) is 3.45. The van der Waals surface area contributed by atoms with Gasteiger partial charge in [-0.25, -0.2) is 0 Å². The van der Waals surface area contributed by atoms with Gasteiger partial charge in [-0.15, -0.1) is 0 Å². The maximum Gasteiger partial charge on any atom is 0.0501 e. The highest BCUT2D eigenvalue weighted by molar-refractivity contribution is 5.32. The lowest BCUT2D eigenvalue weighted by atomic mass is 9.95. The van der Waals surface area contributed by atoms with Crippen molar-refractivity contribution in [3.8, 4) is 0 Å². The van der Waals surface area contributed by atoms with Crippen LogP contribution in [0.4, 0.5) is 0 Å². The number of aryl methyl sites for hydroxylation is 3. The lowest BCUT2D eigenvalue weighted by molar-refractivity contribution is 0.549. The summed E-state index contributed by atoms with van der Waals surface area (Å²) in [5, 5.41) is 0. The van der Waals surface area contributed by atoms with Gasteiger partial charge in [-0.3, -0.25) is 16.3 Å². The van der Waals surface area contributed by atoms with E-state index in [0.29, 0.717) is 0 Å². The second kappa shape index (κ2) is 5.95. The molecule has 0 amide bonds. The number of benzene rings is 1. The minimum atomic E-state index is 0.113. The molecule has 3 N–H and O–H groups in total. The largest absolute Gasteiger partial charge is 0.271 e. The Balaban J connectivity index is 2.26. The number of hydrogen-bond donors (Lipinski definition) is 2. The number of hydrazine groups is 1. The Morgan fingerprint density at radius 2 is 1.95 bits per heavy atom. The standard InChI is InChI=1S/C16H21N3/c1-11-4-5-12(2)15(8-11)10-16(19-17)14-6-7-18-13(3)9-14/h4-9,16,19H,10,17H2,1-3H3. The van der Waals surface area contributed by atoms with Crippen molar-refractivity contribution in [2.75, 3.05) is 0 Å². The summed E-state index contributed by atoms with van der Waals surface area (Å²) in [7, 11) is 0. The molecule has 0 fully saturated rings. The van der Waals surface area contributed by atoms with Crippen molar-refractivity contribution < 1.29 is 0 Å². The molecule has 0 bridgehead atoms. The van der Waals surface area contributed by atoms with Crippen LogP contribution < -0.4 is 11.3 Å². The fraction of sp³-hybridized carbons (Fsp3) is 0.312. The topological polar surface area (TPSA) is 50.9 Å². The molecule has 100 valence electrons. The van der Waals surface area contributed by atoms with Crippen molar-refractivity contribution in [1.82, 2.24) is 10.4 Å². The monoisotopic (exact) mass is 255 g/mol. The molecule has 19 heavy (non-hydrogen) atoms. The first-order chi connectivity index (χ1) is 9.10. The van der Waals surface area contributed by atoms with Crippen molar-refractivity contribution >= 4 is 0 Å². The van der Waals surface area contributed by atoms with Crippen LogP contribution in [-0.4, -0.2) is 4.98 Å². The first-order valence-electron chi connectivity index (χ1n) is 6.55. The van der Waals surface area contributed by atoms with Gasteiger partial charge in [0.15, 0.2) is 0 Å². The lowest BCUT2D eigenvalue weighted by Gasteiger charge is -2.18. The minimum Gasteiger partial charge on any atom is -0.271 e. The molecule has 3 nitrogen and oxygen atoms in total. The Labute approximate surface area is 114 Å². The summed E-state index contributed by atoms with van der Waals surface area (Å²) in [5.41, 5.74) is 9.02. The van der Waals surface area contributed by atoms with Gasteiger partial charge >= 0.3 is 0 Å². The van der Waals surface area contributed by atoms with Gasteiger partial charge < -0.3 is 0 Å². The van der Waals surface area contributed by atoms with Crippen LogP contribution in [0.1, 0.15) is 34.0 Å². The molecule has 1 aromatic heterocycles. The van der Waals surface area contributed by atoms with Crippen molar-refractivity contribution in [3.05, 3.63) is 64.5 Å². The number of hydrogen-bond acceptors (Lipinski definition) is 3. The first-order valence-corrected chi connectivity index (χ1v) is 6.55. The molecule has 1 heterocycles. The number of pyridine rings is 1. The molecule has 1 aromatic carbocycles. The smallest absolute Gasteiger partial charge is 0.0501 e. The van der Waals surface area contributed by atoms with E-state index in [4.69, 9.17) is 5.84 Å². The second-order valence-corrected chi connectivity index (χ2v) is 5.08. The third kappa shape index (κ3) is 3.40. The zero-order valence-corrected chi connectivity index (χ0v) is 11.8. The summed E-state index contributed by atoms with van der Waals surface area (Å²) in [5.74, 6) is 5.72. The van der Waals surface area contributed by atoms with Gasteiger partial charge in [0.05, 0.1) is 6.04 Å². The molecule has 1 atom stereocenters. The first kappa shape index (κ1) is 13.7. The van der Waals surface area contributed by atoms with E-state index in [0.717, 1.165) is 12.1 Å². The second-order valence-electron chi connectivity index (χ2n) is 5.08. The van der Waals surface area contributed by atoms with E-state index in [9.17, 15) is 0 Å². The zero-order chi connectivity index (χ0) is 13.8. The van der Waals surface area contributed by atoms with Crippen molar-refractivity contribution in [1.29, 1.82) is 0 Å². The average Bonchev–Trinajstić information content (AvgIpc) is 2.39. The van der Waals surface area contributed by atoms with Crippen LogP contribution in [-0.2, 0) is 6.42 Å². The van der Waals surface area contributed by atoms with Crippen LogP contribution in [0.15, 0.2) is 36.5 Å². The number of nitrogens with zero attached hydrogens (tertiary/aromatic N) is 1. The van der Waals surface area contributed by atoms with E-state index in [1.165, 1.54) is 22.3 Å². The summed E-state index contributed by atoms with van der Waals surface area (Å²) in [6.07, 6.45) is 2.71. The Morgan fingerprint density at radius 1 is 1.16 bits per heavy atom. The van der Waals surface area contributed by atoms with Crippen molar-refractivity contribution in [3.63, 3.8) is 0 Å². The maximum atomic E-state index is 5.72. The molecule has 3 heteroatoms. The van der Waals surface area contributed by atoms with Crippen LogP contribution in [0.5, 0.6) is 0 Å². The van der Waals surface area contributed by atoms with Crippen LogP contribution in [0.25, 0.3) is 0 Å². The minimum absolute atomic E-state index is 0.113. The number of rotatable bonds is 4. The highest BCUT2D eigenvalue weighted by Crippen LogP contribution is 2.21. The Hall–Kier alpha value is -1.71. The molecule has 0 saturated carbocycles. The van der Waals surface area contributed by atoms with E-state index < -0.39 is 0 Å². The van der Waals surface area contributed by atoms with Gasteiger partial charge in [0.1, 0.15) is 0 Å². The Bertz CT molecular complexity index is 564. The summed E-state index contributed by atoms with van der Waals surface area (Å²) >= 11 is 0. The van der Waals surface area contributed by atoms with Gasteiger partial charge in [0.2, 0.25) is 0 Å². The fourth-order valence-electron chi connectivity index (χ4n) is 2.30. The third-order valence-corrected chi connectivity index (χ3v) is 3.45. The molecular weight excluding hydrogens is 234 g/mol. The predicted octanol–water partition coefficient (Wildman–Crippen LogP) is 2.75. The summed E-state index contributed by atoms with van der Waals surface area (Å²) in [4.78, 5) is 4.23. The van der Waals surface area contributed by atoms with Crippen LogP contribution in [0.2, 0.25) is 0 Å². The number of nitrogens with one attached hydrogen (secondary N) is 1.